The smallest absolute Gasteiger partial charge is 0.224 e. The van der Waals surface area contributed by atoms with Crippen LogP contribution in [0.3, 0.4) is 0 Å². The fourth-order valence-electron chi connectivity index (χ4n) is 2.10. The number of carbonyl (C=O) groups excluding carboxylic acids is 1. The van der Waals surface area contributed by atoms with Crippen LogP contribution in [-0.2, 0) is 17.8 Å². The average molecular weight is 282 g/mol. The van der Waals surface area contributed by atoms with Gasteiger partial charge in [0.05, 0.1) is 0 Å². The van der Waals surface area contributed by atoms with Crippen LogP contribution in [0, 0.1) is 0 Å². The van der Waals surface area contributed by atoms with Gasteiger partial charge in [-0.15, -0.1) is 0 Å². The molecule has 3 heteroatoms. The molecular formula is C18H22N2O. The number of hydrogen-bond acceptors (Lipinski definition) is 2. The molecule has 21 heavy (non-hydrogen) atoms. The van der Waals surface area contributed by atoms with E-state index in [1.54, 1.807) is 0 Å². The van der Waals surface area contributed by atoms with E-state index in [1.807, 2.05) is 54.6 Å². The van der Waals surface area contributed by atoms with E-state index in [0.29, 0.717) is 6.42 Å². The first-order chi connectivity index (χ1) is 10.3. The fraction of sp³-hybridized carbons (Fsp3) is 0.278. The highest BCUT2D eigenvalue weighted by Gasteiger charge is 2.03. The number of anilines is 1. The molecule has 0 aliphatic carbocycles. The Balaban J connectivity index is 1.79. The average Bonchev–Trinajstić information content (AvgIpc) is 2.53. The van der Waals surface area contributed by atoms with Gasteiger partial charge < -0.3 is 10.6 Å². The van der Waals surface area contributed by atoms with E-state index < -0.39 is 0 Å². The summed E-state index contributed by atoms with van der Waals surface area (Å²) in [5.41, 5.74) is 3.26. The summed E-state index contributed by atoms with van der Waals surface area (Å²) in [6, 6.07) is 18.0. The number of hydrogen-bond donors (Lipinski definition) is 2. The van der Waals surface area contributed by atoms with Crippen LogP contribution in [-0.4, -0.2) is 12.5 Å². The Bertz CT molecular complexity index is 549. The molecule has 0 spiro atoms. The molecule has 0 aliphatic heterocycles. The molecular weight excluding hydrogens is 260 g/mol. The largest absolute Gasteiger partial charge is 0.326 e. The standard InChI is InChI=1S/C18H22N2O/c1-2-19-14-16-8-11-17(12-9-16)20-18(21)13-10-15-6-4-3-5-7-15/h3-9,11-12,19H,2,10,13-14H2,1H3,(H,20,21). The Morgan fingerprint density at radius 3 is 2.33 bits per heavy atom. The van der Waals surface area contributed by atoms with Crippen molar-refractivity contribution < 1.29 is 4.79 Å². The van der Waals surface area contributed by atoms with Crippen molar-refractivity contribution in [2.75, 3.05) is 11.9 Å². The second-order valence-corrected chi connectivity index (χ2v) is 5.01. The van der Waals surface area contributed by atoms with E-state index in [2.05, 4.69) is 17.6 Å². The van der Waals surface area contributed by atoms with Gasteiger partial charge in [-0.3, -0.25) is 4.79 Å². The molecule has 0 radical (unpaired) electrons. The van der Waals surface area contributed by atoms with Gasteiger partial charge in [0.15, 0.2) is 0 Å². The highest BCUT2D eigenvalue weighted by atomic mass is 16.1. The van der Waals surface area contributed by atoms with Gasteiger partial charge in [0.1, 0.15) is 0 Å². The van der Waals surface area contributed by atoms with Crippen molar-refractivity contribution in [3.05, 3.63) is 65.7 Å². The van der Waals surface area contributed by atoms with E-state index in [0.717, 1.165) is 25.2 Å². The van der Waals surface area contributed by atoms with Gasteiger partial charge in [-0.05, 0) is 36.2 Å². The summed E-state index contributed by atoms with van der Waals surface area (Å²) < 4.78 is 0. The topological polar surface area (TPSA) is 41.1 Å². The lowest BCUT2D eigenvalue weighted by molar-refractivity contribution is -0.116. The van der Waals surface area contributed by atoms with Crippen LogP contribution < -0.4 is 10.6 Å². The first-order valence-electron chi connectivity index (χ1n) is 7.41. The van der Waals surface area contributed by atoms with Gasteiger partial charge in [-0.25, -0.2) is 0 Å². The summed E-state index contributed by atoms with van der Waals surface area (Å²) in [5.74, 6) is 0.0540. The molecule has 0 fully saturated rings. The maximum absolute atomic E-state index is 11.9. The van der Waals surface area contributed by atoms with Crippen LogP contribution in [0.4, 0.5) is 5.69 Å². The van der Waals surface area contributed by atoms with Crippen molar-refractivity contribution in [1.29, 1.82) is 0 Å². The molecule has 0 atom stereocenters. The van der Waals surface area contributed by atoms with Crippen LogP contribution in [0.2, 0.25) is 0 Å². The zero-order valence-electron chi connectivity index (χ0n) is 12.4. The van der Waals surface area contributed by atoms with E-state index >= 15 is 0 Å². The molecule has 2 N–H and O–H groups in total. The number of aryl methyl sites for hydroxylation is 1. The predicted octanol–water partition coefficient (Wildman–Crippen LogP) is 3.37. The summed E-state index contributed by atoms with van der Waals surface area (Å²) in [4.78, 5) is 11.9. The molecule has 0 bridgehead atoms. The first kappa shape index (κ1) is 15.3. The van der Waals surface area contributed by atoms with E-state index in [1.165, 1.54) is 11.1 Å². The molecule has 1 amide bonds. The SMILES string of the molecule is CCNCc1ccc(NC(=O)CCc2ccccc2)cc1. The number of carbonyl (C=O) groups is 1. The van der Waals surface area contributed by atoms with Crippen LogP contribution in [0.5, 0.6) is 0 Å². The molecule has 2 rings (SSSR count). The third-order valence-electron chi connectivity index (χ3n) is 3.30. The van der Waals surface area contributed by atoms with Crippen molar-refractivity contribution in [1.82, 2.24) is 5.32 Å². The second-order valence-electron chi connectivity index (χ2n) is 5.01. The molecule has 3 nitrogen and oxygen atoms in total. The Labute approximate surface area is 126 Å². The third kappa shape index (κ3) is 5.40. The molecule has 0 unspecified atom stereocenters. The highest BCUT2D eigenvalue weighted by Crippen LogP contribution is 2.11. The summed E-state index contributed by atoms with van der Waals surface area (Å²) in [7, 11) is 0. The van der Waals surface area contributed by atoms with Gasteiger partial charge in [-0.1, -0.05) is 49.4 Å². The first-order valence-corrected chi connectivity index (χ1v) is 7.41. The van der Waals surface area contributed by atoms with E-state index in [9.17, 15) is 4.79 Å². The highest BCUT2D eigenvalue weighted by molar-refractivity contribution is 5.90. The predicted molar refractivity (Wildman–Crippen MR) is 87.2 cm³/mol. The maximum Gasteiger partial charge on any atom is 0.224 e. The zero-order chi connectivity index (χ0) is 14.9. The summed E-state index contributed by atoms with van der Waals surface area (Å²) in [5, 5.41) is 6.21. The lowest BCUT2D eigenvalue weighted by Gasteiger charge is -2.07. The van der Waals surface area contributed by atoms with Crippen LogP contribution in [0.1, 0.15) is 24.5 Å². The molecule has 0 saturated heterocycles. The second kappa shape index (κ2) is 8.22. The lowest BCUT2D eigenvalue weighted by Crippen LogP contribution is -2.13. The molecule has 2 aromatic carbocycles. The van der Waals surface area contributed by atoms with Crippen LogP contribution >= 0.6 is 0 Å². The number of amides is 1. The molecule has 0 saturated carbocycles. The maximum atomic E-state index is 11.9. The van der Waals surface area contributed by atoms with Gasteiger partial charge in [-0.2, -0.15) is 0 Å². The normalized spacial score (nSPS) is 10.3. The molecule has 110 valence electrons. The Morgan fingerprint density at radius 1 is 0.952 bits per heavy atom. The minimum atomic E-state index is 0.0540. The molecule has 0 aromatic heterocycles. The summed E-state index contributed by atoms with van der Waals surface area (Å²) >= 11 is 0. The Morgan fingerprint density at radius 2 is 1.67 bits per heavy atom. The molecule has 0 aliphatic rings. The lowest BCUT2D eigenvalue weighted by atomic mass is 10.1. The number of nitrogens with one attached hydrogen (secondary N) is 2. The van der Waals surface area contributed by atoms with Crippen molar-refractivity contribution in [2.24, 2.45) is 0 Å². The van der Waals surface area contributed by atoms with E-state index in [4.69, 9.17) is 0 Å². The van der Waals surface area contributed by atoms with Gasteiger partial charge in [0.25, 0.3) is 0 Å². The Kier molecular flexibility index (Phi) is 5.98. The van der Waals surface area contributed by atoms with Gasteiger partial charge in [0, 0.05) is 18.7 Å². The molecule has 2 aromatic rings. The monoisotopic (exact) mass is 282 g/mol. The summed E-state index contributed by atoms with van der Waals surface area (Å²) in [6.07, 6.45) is 1.27. The summed E-state index contributed by atoms with van der Waals surface area (Å²) in [6.45, 7) is 3.90. The zero-order valence-corrected chi connectivity index (χ0v) is 12.4. The van der Waals surface area contributed by atoms with Gasteiger partial charge >= 0.3 is 0 Å². The minimum absolute atomic E-state index is 0.0540. The molecule has 0 heterocycles. The van der Waals surface area contributed by atoms with Crippen molar-refractivity contribution in [3.63, 3.8) is 0 Å². The van der Waals surface area contributed by atoms with Crippen LogP contribution in [0.15, 0.2) is 54.6 Å². The van der Waals surface area contributed by atoms with Crippen molar-refractivity contribution in [2.45, 2.75) is 26.3 Å². The van der Waals surface area contributed by atoms with Gasteiger partial charge in [0.2, 0.25) is 5.91 Å². The van der Waals surface area contributed by atoms with E-state index in [-0.39, 0.29) is 5.91 Å². The fourth-order valence-corrected chi connectivity index (χ4v) is 2.10. The third-order valence-corrected chi connectivity index (χ3v) is 3.30. The van der Waals surface area contributed by atoms with Crippen molar-refractivity contribution in [3.8, 4) is 0 Å². The minimum Gasteiger partial charge on any atom is -0.326 e. The number of benzene rings is 2. The quantitative estimate of drug-likeness (QED) is 0.817. The Hall–Kier alpha value is -2.13. The number of rotatable bonds is 7. The van der Waals surface area contributed by atoms with Crippen LogP contribution in [0.25, 0.3) is 0 Å². The van der Waals surface area contributed by atoms with Crippen molar-refractivity contribution >= 4 is 11.6 Å².